The minimum Gasteiger partial charge on any atom is -0.423 e. The van der Waals surface area contributed by atoms with Gasteiger partial charge in [-0.2, -0.15) is 11.3 Å². The maximum Gasteiger partial charge on any atom is 0.488 e. The quantitative estimate of drug-likeness (QED) is 0.474. The van der Waals surface area contributed by atoms with Crippen molar-refractivity contribution in [2.75, 3.05) is 0 Å². The molecule has 0 aliphatic carbocycles. The van der Waals surface area contributed by atoms with Crippen LogP contribution in [0.3, 0.4) is 0 Å². The molecule has 1 heterocycles. The highest BCUT2D eigenvalue weighted by Gasteiger charge is 2.18. The van der Waals surface area contributed by atoms with Gasteiger partial charge in [-0.1, -0.05) is 69.3 Å². The average molecular weight is 376 g/mol. The topological polar surface area (TPSA) is 40.5 Å². The maximum atomic E-state index is 9.79. The second-order valence-corrected chi connectivity index (χ2v) is 7.78. The molecule has 0 saturated heterocycles. The molecule has 0 spiro atoms. The van der Waals surface area contributed by atoms with E-state index in [1.54, 1.807) is 11.3 Å². The van der Waals surface area contributed by atoms with Crippen LogP contribution in [0.5, 0.6) is 0 Å². The van der Waals surface area contributed by atoms with Gasteiger partial charge in [-0.3, -0.25) is 0 Å². The van der Waals surface area contributed by atoms with Crippen LogP contribution >= 0.6 is 11.3 Å². The minimum atomic E-state index is -1.47. The van der Waals surface area contributed by atoms with Gasteiger partial charge < -0.3 is 10.0 Å². The van der Waals surface area contributed by atoms with Crippen LogP contribution in [0.15, 0.2) is 65.4 Å². The van der Waals surface area contributed by atoms with Crippen LogP contribution in [-0.4, -0.2) is 17.2 Å². The van der Waals surface area contributed by atoms with Crippen molar-refractivity contribution in [3.8, 4) is 0 Å². The summed E-state index contributed by atoms with van der Waals surface area (Å²) in [6.45, 7) is 6.40. The van der Waals surface area contributed by atoms with E-state index in [1.807, 2.05) is 18.2 Å². The third kappa shape index (κ3) is 4.41. The van der Waals surface area contributed by atoms with Gasteiger partial charge >= 0.3 is 7.12 Å². The molecular weight excluding hydrogens is 351 g/mol. The van der Waals surface area contributed by atoms with Crippen molar-refractivity contribution in [2.24, 2.45) is 0 Å². The lowest BCUT2D eigenvalue weighted by Gasteiger charge is -2.18. The van der Waals surface area contributed by atoms with Crippen molar-refractivity contribution in [2.45, 2.75) is 33.1 Å². The van der Waals surface area contributed by atoms with Crippen LogP contribution in [0, 0.1) is 0 Å². The number of hydrogen-bond donors (Lipinski definition) is 2. The standard InChI is InChI=1S/C23H25BO2S/c1-4-22(20-12-19(16(2)3)13-21(14-20)24(25)26)23(18-10-11-27-15-18)17-8-6-5-7-9-17/h5-16,25-26H,4H2,1-3H3/b23-22+. The SMILES string of the molecule is CC/C(=C(/c1ccccc1)c1ccsc1)c1cc(B(O)O)cc(C(C)C)c1. The van der Waals surface area contributed by atoms with Gasteiger partial charge in [0.2, 0.25) is 0 Å². The van der Waals surface area contributed by atoms with Gasteiger partial charge in [0.15, 0.2) is 0 Å². The number of benzene rings is 2. The predicted octanol–water partition coefficient (Wildman–Crippen LogP) is 4.92. The first-order chi connectivity index (χ1) is 13.0. The summed E-state index contributed by atoms with van der Waals surface area (Å²) in [6.07, 6.45) is 0.850. The van der Waals surface area contributed by atoms with E-state index in [2.05, 4.69) is 67.9 Å². The van der Waals surface area contributed by atoms with E-state index in [0.29, 0.717) is 11.4 Å². The van der Waals surface area contributed by atoms with Crippen molar-refractivity contribution in [3.63, 3.8) is 0 Å². The Labute approximate surface area is 166 Å². The first kappa shape index (κ1) is 19.6. The van der Waals surface area contributed by atoms with Crippen molar-refractivity contribution >= 4 is 35.1 Å². The van der Waals surface area contributed by atoms with Crippen LogP contribution in [0.25, 0.3) is 11.1 Å². The molecule has 0 radical (unpaired) electrons. The lowest BCUT2D eigenvalue weighted by Crippen LogP contribution is -2.30. The molecule has 2 N–H and O–H groups in total. The number of allylic oxidation sites excluding steroid dienone is 1. The van der Waals surface area contributed by atoms with E-state index in [-0.39, 0.29) is 0 Å². The molecule has 0 unspecified atom stereocenters. The molecule has 0 fully saturated rings. The molecule has 138 valence electrons. The average Bonchev–Trinajstić information content (AvgIpc) is 3.20. The largest absolute Gasteiger partial charge is 0.488 e. The molecule has 2 aromatic carbocycles. The summed E-state index contributed by atoms with van der Waals surface area (Å²) in [5.41, 5.74) is 7.50. The zero-order valence-electron chi connectivity index (χ0n) is 16.0. The minimum absolute atomic E-state index is 0.307. The third-order valence-corrected chi connectivity index (χ3v) is 5.50. The smallest absolute Gasteiger partial charge is 0.423 e. The van der Waals surface area contributed by atoms with Crippen LogP contribution < -0.4 is 5.46 Å². The zero-order chi connectivity index (χ0) is 19.4. The second-order valence-electron chi connectivity index (χ2n) is 7.00. The Morgan fingerprint density at radius 2 is 1.70 bits per heavy atom. The summed E-state index contributed by atoms with van der Waals surface area (Å²) < 4.78 is 0. The number of thiophene rings is 1. The highest BCUT2D eigenvalue weighted by molar-refractivity contribution is 7.08. The first-order valence-corrected chi connectivity index (χ1v) is 10.3. The van der Waals surface area contributed by atoms with Crippen LogP contribution in [-0.2, 0) is 0 Å². The monoisotopic (exact) mass is 376 g/mol. The summed E-state index contributed by atoms with van der Waals surface area (Å²) in [5.74, 6) is 0.307. The lowest BCUT2D eigenvalue weighted by atomic mass is 9.76. The molecule has 27 heavy (non-hydrogen) atoms. The van der Waals surface area contributed by atoms with Crippen molar-refractivity contribution in [1.29, 1.82) is 0 Å². The fourth-order valence-electron chi connectivity index (χ4n) is 3.39. The second kappa shape index (κ2) is 8.70. The van der Waals surface area contributed by atoms with Crippen molar-refractivity contribution in [1.82, 2.24) is 0 Å². The Balaban J connectivity index is 2.29. The van der Waals surface area contributed by atoms with Gasteiger partial charge in [0.1, 0.15) is 0 Å². The van der Waals surface area contributed by atoms with E-state index in [9.17, 15) is 10.0 Å². The third-order valence-electron chi connectivity index (χ3n) is 4.82. The van der Waals surface area contributed by atoms with E-state index in [4.69, 9.17) is 0 Å². The number of hydrogen-bond acceptors (Lipinski definition) is 3. The molecule has 1 aromatic heterocycles. The Hall–Kier alpha value is -2.14. The van der Waals surface area contributed by atoms with E-state index in [1.165, 1.54) is 22.3 Å². The van der Waals surface area contributed by atoms with Gasteiger partial charge in [-0.05, 0) is 68.0 Å². The van der Waals surface area contributed by atoms with Crippen LogP contribution in [0.2, 0.25) is 0 Å². The summed E-state index contributed by atoms with van der Waals surface area (Å²) in [5, 5.41) is 23.8. The summed E-state index contributed by atoms with van der Waals surface area (Å²) in [7, 11) is -1.47. The molecule has 0 aliphatic heterocycles. The molecule has 0 atom stereocenters. The molecule has 4 heteroatoms. The van der Waals surface area contributed by atoms with Gasteiger partial charge in [-0.25, -0.2) is 0 Å². The molecule has 0 aliphatic rings. The van der Waals surface area contributed by atoms with E-state index < -0.39 is 7.12 Å². The molecule has 0 amide bonds. The summed E-state index contributed by atoms with van der Waals surface area (Å²) in [6, 6.07) is 18.5. The fraction of sp³-hybridized carbons (Fsp3) is 0.217. The van der Waals surface area contributed by atoms with Crippen molar-refractivity contribution < 1.29 is 10.0 Å². The zero-order valence-corrected chi connectivity index (χ0v) is 16.8. The molecular formula is C23H25BO2S. The maximum absolute atomic E-state index is 9.79. The summed E-state index contributed by atoms with van der Waals surface area (Å²) in [4.78, 5) is 0. The Bertz CT molecular complexity index is 887. The summed E-state index contributed by atoms with van der Waals surface area (Å²) >= 11 is 1.69. The molecule has 3 aromatic rings. The van der Waals surface area contributed by atoms with Crippen LogP contribution in [0.1, 0.15) is 55.4 Å². The van der Waals surface area contributed by atoms with Gasteiger partial charge in [-0.15, -0.1) is 0 Å². The van der Waals surface area contributed by atoms with Gasteiger partial charge in [0, 0.05) is 0 Å². The fourth-order valence-corrected chi connectivity index (χ4v) is 4.03. The van der Waals surface area contributed by atoms with Gasteiger partial charge in [0.25, 0.3) is 0 Å². The van der Waals surface area contributed by atoms with Crippen molar-refractivity contribution in [3.05, 3.63) is 87.6 Å². The lowest BCUT2D eigenvalue weighted by molar-refractivity contribution is 0.425. The molecule has 0 saturated carbocycles. The number of rotatable bonds is 6. The van der Waals surface area contributed by atoms with E-state index in [0.717, 1.165) is 17.5 Å². The van der Waals surface area contributed by atoms with Crippen LogP contribution in [0.4, 0.5) is 0 Å². The normalized spacial score (nSPS) is 12.2. The Kier molecular flexibility index (Phi) is 6.32. The highest BCUT2D eigenvalue weighted by atomic mass is 32.1. The predicted molar refractivity (Wildman–Crippen MR) is 117 cm³/mol. The molecule has 0 bridgehead atoms. The molecule has 2 nitrogen and oxygen atoms in total. The highest BCUT2D eigenvalue weighted by Crippen LogP contribution is 2.35. The Morgan fingerprint density at radius 3 is 2.26 bits per heavy atom. The first-order valence-electron chi connectivity index (χ1n) is 9.33. The molecule has 3 rings (SSSR count). The van der Waals surface area contributed by atoms with E-state index >= 15 is 0 Å². The van der Waals surface area contributed by atoms with Gasteiger partial charge in [0.05, 0.1) is 0 Å². The Morgan fingerprint density at radius 1 is 0.963 bits per heavy atom.